The van der Waals surface area contributed by atoms with Crippen molar-refractivity contribution in [2.45, 2.75) is 25.1 Å². The van der Waals surface area contributed by atoms with Crippen LogP contribution < -0.4 is 4.72 Å². The van der Waals surface area contributed by atoms with E-state index in [1.165, 1.54) is 13.3 Å². The van der Waals surface area contributed by atoms with Crippen LogP contribution in [0.15, 0.2) is 6.33 Å². The first kappa shape index (κ1) is 11.6. The van der Waals surface area contributed by atoms with Gasteiger partial charge in [-0.1, -0.05) is 0 Å². The van der Waals surface area contributed by atoms with Gasteiger partial charge < -0.3 is 0 Å². The van der Waals surface area contributed by atoms with E-state index in [0.29, 0.717) is 5.82 Å². The zero-order chi connectivity index (χ0) is 11.5. The zero-order valence-electron chi connectivity index (χ0n) is 8.30. The van der Waals surface area contributed by atoms with Crippen molar-refractivity contribution < 1.29 is 8.42 Å². The summed E-state index contributed by atoms with van der Waals surface area (Å²) in [5.74, 6) is 0.406. The topological polar surface area (TPSA) is 112 Å². The van der Waals surface area contributed by atoms with Crippen LogP contribution in [0.1, 0.15) is 25.7 Å². The van der Waals surface area contributed by atoms with Gasteiger partial charge >= 0.3 is 0 Å². The number of hydrogen-bond donors (Lipinski definition) is 2. The van der Waals surface area contributed by atoms with Crippen LogP contribution in [0.5, 0.6) is 0 Å². The Morgan fingerprint density at radius 1 is 1.60 bits per heavy atom. The summed E-state index contributed by atoms with van der Waals surface area (Å²) in [6.45, 7) is 2.93. The molecular weight excluding hydrogens is 218 g/mol. The number of H-pyrrole nitrogens is 1. The average molecular weight is 229 g/mol. The molecular formula is C7H11N5O2S. The summed E-state index contributed by atoms with van der Waals surface area (Å²) >= 11 is 0. The van der Waals surface area contributed by atoms with Gasteiger partial charge in [0.2, 0.25) is 10.0 Å². The van der Waals surface area contributed by atoms with Gasteiger partial charge in [0.1, 0.15) is 12.2 Å². The molecule has 0 fully saturated rings. The Hall–Kier alpha value is -1.46. The Morgan fingerprint density at radius 2 is 2.27 bits per heavy atom. The fourth-order valence-electron chi connectivity index (χ4n) is 0.897. The molecule has 0 radical (unpaired) electrons. The second-order valence-electron chi connectivity index (χ2n) is 3.03. The summed E-state index contributed by atoms with van der Waals surface area (Å²) in [5.41, 5.74) is 0. The smallest absolute Gasteiger partial charge is 0.228 e. The highest BCUT2D eigenvalue weighted by Crippen LogP contribution is 2.08. The fraction of sp³-hybridized carbons (Fsp3) is 0.571. The van der Waals surface area contributed by atoms with Crippen LogP contribution in [-0.2, 0) is 10.0 Å². The molecule has 2 N–H and O–H groups in total. The van der Waals surface area contributed by atoms with E-state index in [1.807, 2.05) is 0 Å². The summed E-state index contributed by atoms with van der Waals surface area (Å²) in [6, 6.07) is 1.13. The molecule has 0 spiro atoms. The van der Waals surface area contributed by atoms with Gasteiger partial charge in [0.05, 0.1) is 12.1 Å². The van der Waals surface area contributed by atoms with Crippen molar-refractivity contribution in [1.82, 2.24) is 19.9 Å². The Morgan fingerprint density at radius 3 is 2.73 bits per heavy atom. The molecule has 0 aliphatic rings. The van der Waals surface area contributed by atoms with E-state index in [4.69, 9.17) is 5.26 Å². The first-order valence-electron chi connectivity index (χ1n) is 4.23. The number of nitrogens with zero attached hydrogens (tertiary/aromatic N) is 3. The number of hydrogen-bond acceptors (Lipinski definition) is 5. The molecule has 0 bridgehead atoms. The third-order valence-electron chi connectivity index (χ3n) is 1.83. The Labute approximate surface area is 87.6 Å². The molecule has 2 atom stereocenters. The second kappa shape index (κ2) is 4.37. The summed E-state index contributed by atoms with van der Waals surface area (Å²) < 4.78 is 25.3. The minimum absolute atomic E-state index is 0.406. The minimum atomic E-state index is -3.63. The van der Waals surface area contributed by atoms with Gasteiger partial charge in [0.15, 0.2) is 5.25 Å². The van der Waals surface area contributed by atoms with Crippen LogP contribution in [0.3, 0.4) is 0 Å². The van der Waals surface area contributed by atoms with Crippen molar-refractivity contribution in [2.24, 2.45) is 0 Å². The third kappa shape index (κ3) is 2.74. The van der Waals surface area contributed by atoms with E-state index in [0.717, 1.165) is 0 Å². The largest absolute Gasteiger partial charge is 0.262 e. The fourth-order valence-corrected chi connectivity index (χ4v) is 1.84. The van der Waals surface area contributed by atoms with Gasteiger partial charge in [-0.15, -0.1) is 0 Å². The lowest BCUT2D eigenvalue weighted by atomic mass is 10.3. The van der Waals surface area contributed by atoms with Crippen molar-refractivity contribution in [1.29, 1.82) is 5.26 Å². The number of aromatic amines is 1. The zero-order valence-corrected chi connectivity index (χ0v) is 9.11. The van der Waals surface area contributed by atoms with Crippen molar-refractivity contribution >= 4 is 10.0 Å². The van der Waals surface area contributed by atoms with Gasteiger partial charge in [0, 0.05) is 0 Å². The molecule has 8 heteroatoms. The van der Waals surface area contributed by atoms with Crippen LogP contribution in [0.2, 0.25) is 0 Å². The molecule has 1 heterocycles. The normalized spacial score (nSPS) is 15.5. The van der Waals surface area contributed by atoms with Gasteiger partial charge in [-0.25, -0.2) is 18.1 Å². The Kier molecular flexibility index (Phi) is 3.39. The first-order valence-corrected chi connectivity index (χ1v) is 5.78. The van der Waals surface area contributed by atoms with Crippen LogP contribution in [0.25, 0.3) is 0 Å². The van der Waals surface area contributed by atoms with Gasteiger partial charge in [0.25, 0.3) is 0 Å². The summed E-state index contributed by atoms with van der Waals surface area (Å²) in [4.78, 5) is 3.81. The maximum absolute atomic E-state index is 11.5. The highest BCUT2D eigenvalue weighted by atomic mass is 32.2. The molecule has 15 heavy (non-hydrogen) atoms. The molecule has 82 valence electrons. The van der Waals surface area contributed by atoms with E-state index in [-0.39, 0.29) is 0 Å². The van der Waals surface area contributed by atoms with Gasteiger partial charge in [-0.3, -0.25) is 5.10 Å². The lowest BCUT2D eigenvalue weighted by Crippen LogP contribution is -2.34. The molecule has 0 aliphatic heterocycles. The van der Waals surface area contributed by atoms with Crippen molar-refractivity contribution in [3.05, 3.63) is 12.2 Å². The summed E-state index contributed by atoms with van der Waals surface area (Å²) in [6.07, 6.45) is 1.29. The average Bonchev–Trinajstić information content (AvgIpc) is 2.68. The van der Waals surface area contributed by atoms with E-state index >= 15 is 0 Å². The van der Waals surface area contributed by atoms with Crippen LogP contribution in [0.4, 0.5) is 0 Å². The molecule has 1 aromatic heterocycles. The highest BCUT2D eigenvalue weighted by molar-refractivity contribution is 7.90. The second-order valence-corrected chi connectivity index (χ2v) is 5.06. The number of nitrogens with one attached hydrogen (secondary N) is 2. The number of sulfonamides is 1. The molecule has 0 saturated heterocycles. The monoisotopic (exact) mass is 229 g/mol. The predicted molar refractivity (Wildman–Crippen MR) is 51.9 cm³/mol. The molecule has 0 amide bonds. The van der Waals surface area contributed by atoms with E-state index in [2.05, 4.69) is 19.9 Å². The first-order chi connectivity index (χ1) is 6.97. The highest BCUT2D eigenvalue weighted by Gasteiger charge is 2.23. The maximum Gasteiger partial charge on any atom is 0.228 e. The molecule has 2 unspecified atom stereocenters. The molecule has 1 rings (SSSR count). The number of nitriles is 1. The molecule has 1 aromatic rings. The van der Waals surface area contributed by atoms with Crippen molar-refractivity contribution in [3.63, 3.8) is 0 Å². The van der Waals surface area contributed by atoms with Crippen LogP contribution >= 0.6 is 0 Å². The molecule has 0 aromatic carbocycles. The predicted octanol–water partition coefficient (Wildman–Crippen LogP) is -0.303. The Balaban J connectivity index is 2.76. The lowest BCUT2D eigenvalue weighted by molar-refractivity contribution is 0.556. The summed E-state index contributed by atoms with van der Waals surface area (Å²) in [5, 5.41) is 13.6. The maximum atomic E-state index is 11.5. The lowest BCUT2D eigenvalue weighted by Gasteiger charge is -2.12. The number of aromatic nitrogens is 3. The van der Waals surface area contributed by atoms with Crippen molar-refractivity contribution in [2.75, 3.05) is 0 Å². The number of rotatable bonds is 4. The minimum Gasteiger partial charge on any atom is -0.262 e. The van der Waals surface area contributed by atoms with Gasteiger partial charge in [-0.2, -0.15) is 10.4 Å². The SMILES string of the molecule is CC(NS(=O)(=O)C(C)C#N)c1ncn[nH]1. The van der Waals surface area contributed by atoms with E-state index in [1.54, 1.807) is 13.0 Å². The quantitative estimate of drug-likeness (QED) is 0.736. The Bertz CT molecular complexity index is 446. The van der Waals surface area contributed by atoms with E-state index < -0.39 is 21.3 Å². The summed E-state index contributed by atoms with van der Waals surface area (Å²) in [7, 11) is -3.63. The molecule has 7 nitrogen and oxygen atoms in total. The third-order valence-corrected chi connectivity index (χ3v) is 3.55. The molecule has 0 saturated carbocycles. The standard InChI is InChI=1S/C7H11N5O2S/c1-5(3-8)15(13,14)12-6(2)7-9-4-10-11-7/h4-6,12H,1-2H3,(H,9,10,11). The van der Waals surface area contributed by atoms with E-state index in [9.17, 15) is 8.42 Å². The van der Waals surface area contributed by atoms with Crippen LogP contribution in [0, 0.1) is 11.3 Å². The van der Waals surface area contributed by atoms with Crippen LogP contribution in [-0.4, -0.2) is 28.8 Å². The molecule has 0 aliphatic carbocycles. The van der Waals surface area contributed by atoms with Crippen molar-refractivity contribution in [3.8, 4) is 6.07 Å². The van der Waals surface area contributed by atoms with Gasteiger partial charge in [-0.05, 0) is 13.8 Å².